The van der Waals surface area contributed by atoms with Crippen LogP contribution in [0, 0.1) is 0 Å². The predicted molar refractivity (Wildman–Crippen MR) is 75.4 cm³/mol. The van der Waals surface area contributed by atoms with Gasteiger partial charge in [-0.15, -0.1) is 0 Å². The van der Waals surface area contributed by atoms with E-state index in [1.165, 1.54) is 0 Å². The average Bonchev–Trinajstić information content (AvgIpc) is 2.45. The molecule has 5 nitrogen and oxygen atoms in total. The highest BCUT2D eigenvalue weighted by Crippen LogP contribution is 2.21. The van der Waals surface area contributed by atoms with Gasteiger partial charge in [0, 0.05) is 13.1 Å². The van der Waals surface area contributed by atoms with Crippen LogP contribution in [-0.2, 0) is 17.8 Å². The molecule has 0 unspecified atom stereocenters. The molecule has 1 atom stereocenters. The second-order valence-corrected chi connectivity index (χ2v) is 5.19. The lowest BCUT2D eigenvalue weighted by Crippen LogP contribution is -2.45. The number of hydrogen-bond acceptors (Lipinski definition) is 3. The third-order valence-electron chi connectivity index (χ3n) is 3.69. The number of carbonyl (C=O) groups excluding carboxylic acids is 1. The van der Waals surface area contributed by atoms with Crippen molar-refractivity contribution in [3.63, 3.8) is 0 Å². The summed E-state index contributed by atoms with van der Waals surface area (Å²) < 4.78 is 0. The maximum absolute atomic E-state index is 12.2. The van der Waals surface area contributed by atoms with Crippen LogP contribution in [0.1, 0.15) is 41.3 Å². The summed E-state index contributed by atoms with van der Waals surface area (Å²) in [7, 11) is 0. The van der Waals surface area contributed by atoms with E-state index in [9.17, 15) is 9.59 Å². The zero-order valence-electron chi connectivity index (χ0n) is 11.6. The summed E-state index contributed by atoms with van der Waals surface area (Å²) in [6.07, 6.45) is 2.30. The predicted octanol–water partition coefficient (Wildman–Crippen LogP) is 1.40. The lowest BCUT2D eigenvalue weighted by molar-refractivity contribution is -0.133. The average molecular weight is 276 g/mol. The van der Waals surface area contributed by atoms with Gasteiger partial charge in [-0.2, -0.15) is 0 Å². The maximum Gasteiger partial charge on any atom is 0.335 e. The molecule has 1 aromatic carbocycles. The van der Waals surface area contributed by atoms with E-state index >= 15 is 0 Å². The van der Waals surface area contributed by atoms with Crippen LogP contribution in [0.3, 0.4) is 0 Å². The summed E-state index contributed by atoms with van der Waals surface area (Å²) in [5.41, 5.74) is 8.16. The number of carboxylic acid groups (broad SMARTS) is 1. The smallest absolute Gasteiger partial charge is 0.335 e. The molecule has 0 spiro atoms. The van der Waals surface area contributed by atoms with Crippen molar-refractivity contribution in [3.05, 3.63) is 34.9 Å². The van der Waals surface area contributed by atoms with E-state index < -0.39 is 12.0 Å². The van der Waals surface area contributed by atoms with Crippen LogP contribution >= 0.6 is 0 Å². The number of nitrogens with zero attached hydrogens (tertiary/aromatic N) is 1. The van der Waals surface area contributed by atoms with Gasteiger partial charge >= 0.3 is 5.97 Å². The molecule has 5 heteroatoms. The molecule has 0 aliphatic carbocycles. The van der Waals surface area contributed by atoms with Crippen molar-refractivity contribution in [2.45, 2.75) is 38.8 Å². The number of benzene rings is 1. The molecule has 2 rings (SSSR count). The van der Waals surface area contributed by atoms with Crippen LogP contribution in [0.25, 0.3) is 0 Å². The van der Waals surface area contributed by atoms with Crippen molar-refractivity contribution in [1.82, 2.24) is 4.90 Å². The quantitative estimate of drug-likeness (QED) is 0.870. The fraction of sp³-hybridized carbons (Fsp3) is 0.467. The van der Waals surface area contributed by atoms with Crippen molar-refractivity contribution in [2.75, 3.05) is 6.54 Å². The molecule has 0 aromatic heterocycles. The summed E-state index contributed by atoms with van der Waals surface area (Å²) in [6.45, 7) is 3.10. The minimum atomic E-state index is -0.945. The van der Waals surface area contributed by atoms with Gasteiger partial charge in [-0.05, 0) is 36.1 Å². The Hall–Kier alpha value is -1.88. The Labute approximate surface area is 118 Å². The van der Waals surface area contributed by atoms with E-state index in [0.717, 1.165) is 24.0 Å². The fourth-order valence-corrected chi connectivity index (χ4v) is 2.55. The van der Waals surface area contributed by atoms with Crippen LogP contribution < -0.4 is 5.73 Å². The molecule has 0 radical (unpaired) electrons. The van der Waals surface area contributed by atoms with Crippen LogP contribution in [0.15, 0.2) is 18.2 Å². The number of amides is 1. The Bertz CT molecular complexity index is 528. The molecule has 0 saturated carbocycles. The summed E-state index contributed by atoms with van der Waals surface area (Å²) >= 11 is 0. The third kappa shape index (κ3) is 2.99. The lowest BCUT2D eigenvalue weighted by Gasteiger charge is -2.31. The molecule has 1 aliphatic heterocycles. The largest absolute Gasteiger partial charge is 0.478 e. The molecule has 0 saturated heterocycles. The first-order valence-corrected chi connectivity index (χ1v) is 6.92. The van der Waals surface area contributed by atoms with Gasteiger partial charge in [0.2, 0.25) is 5.91 Å². The van der Waals surface area contributed by atoms with Crippen LogP contribution in [0.2, 0.25) is 0 Å². The van der Waals surface area contributed by atoms with Crippen LogP contribution in [0.5, 0.6) is 0 Å². The van der Waals surface area contributed by atoms with Gasteiger partial charge in [-0.1, -0.05) is 19.4 Å². The number of nitrogens with two attached hydrogens (primary N) is 1. The summed E-state index contributed by atoms with van der Waals surface area (Å²) in [5, 5.41) is 9.02. The topological polar surface area (TPSA) is 83.6 Å². The first-order valence-electron chi connectivity index (χ1n) is 6.92. The summed E-state index contributed by atoms with van der Waals surface area (Å²) in [5.74, 6) is -0.989. The molecule has 20 heavy (non-hydrogen) atoms. The number of fused-ring (bicyclic) bond motifs is 1. The van der Waals surface area contributed by atoms with Gasteiger partial charge in [-0.3, -0.25) is 4.79 Å². The van der Waals surface area contributed by atoms with E-state index in [-0.39, 0.29) is 11.5 Å². The van der Waals surface area contributed by atoms with Crippen LogP contribution in [-0.4, -0.2) is 34.5 Å². The van der Waals surface area contributed by atoms with E-state index in [1.54, 1.807) is 17.0 Å². The Morgan fingerprint density at radius 3 is 2.80 bits per heavy atom. The summed E-state index contributed by atoms with van der Waals surface area (Å²) in [4.78, 5) is 24.9. The van der Waals surface area contributed by atoms with Gasteiger partial charge in [0.25, 0.3) is 0 Å². The number of rotatable bonds is 4. The normalized spacial score (nSPS) is 15.6. The van der Waals surface area contributed by atoms with Gasteiger partial charge in [0.15, 0.2) is 0 Å². The Morgan fingerprint density at radius 1 is 1.40 bits per heavy atom. The Balaban J connectivity index is 2.15. The van der Waals surface area contributed by atoms with Crippen molar-refractivity contribution in [1.29, 1.82) is 0 Å². The molecule has 1 aromatic rings. The molecule has 3 N–H and O–H groups in total. The number of carbonyl (C=O) groups is 2. The van der Waals surface area contributed by atoms with Crippen LogP contribution in [0.4, 0.5) is 0 Å². The van der Waals surface area contributed by atoms with Crippen molar-refractivity contribution in [3.8, 4) is 0 Å². The molecule has 108 valence electrons. The number of carboxylic acids is 1. The van der Waals surface area contributed by atoms with Crippen molar-refractivity contribution >= 4 is 11.9 Å². The van der Waals surface area contributed by atoms with Gasteiger partial charge in [0.05, 0.1) is 11.6 Å². The minimum absolute atomic E-state index is 0.0433. The first kappa shape index (κ1) is 14.5. The molecule has 1 aliphatic rings. The number of aromatic carboxylic acids is 1. The lowest BCUT2D eigenvalue weighted by atomic mass is 9.96. The molecule has 0 fully saturated rings. The van der Waals surface area contributed by atoms with Gasteiger partial charge < -0.3 is 15.7 Å². The minimum Gasteiger partial charge on any atom is -0.478 e. The maximum atomic E-state index is 12.2. The monoisotopic (exact) mass is 276 g/mol. The highest BCUT2D eigenvalue weighted by Gasteiger charge is 2.25. The third-order valence-corrected chi connectivity index (χ3v) is 3.69. The zero-order valence-corrected chi connectivity index (χ0v) is 11.6. The highest BCUT2D eigenvalue weighted by atomic mass is 16.4. The second-order valence-electron chi connectivity index (χ2n) is 5.19. The van der Waals surface area contributed by atoms with E-state index in [1.807, 2.05) is 13.0 Å². The zero-order chi connectivity index (χ0) is 14.7. The Morgan fingerprint density at radius 2 is 2.15 bits per heavy atom. The first-order chi connectivity index (χ1) is 9.52. The standard InChI is InChI=1S/C15H20N2O3/c1-2-3-13(16)14(18)17-7-6-10-4-5-11(15(19)20)8-12(10)9-17/h4-5,8,13H,2-3,6-7,9,16H2,1H3,(H,19,20)/t13-/m1/s1. The summed E-state index contributed by atoms with van der Waals surface area (Å²) in [6, 6.07) is 4.65. The SMILES string of the molecule is CCC[C@@H](N)C(=O)N1CCc2ccc(C(=O)O)cc2C1. The fourth-order valence-electron chi connectivity index (χ4n) is 2.55. The number of hydrogen-bond donors (Lipinski definition) is 2. The van der Waals surface area contributed by atoms with Crippen molar-refractivity contribution < 1.29 is 14.7 Å². The molecular formula is C15H20N2O3. The molecule has 0 bridgehead atoms. The Kier molecular flexibility index (Phi) is 4.39. The van der Waals surface area contributed by atoms with Gasteiger partial charge in [-0.25, -0.2) is 4.79 Å². The molecule has 1 heterocycles. The van der Waals surface area contributed by atoms with E-state index in [4.69, 9.17) is 10.8 Å². The van der Waals surface area contributed by atoms with Crippen molar-refractivity contribution in [2.24, 2.45) is 5.73 Å². The second kappa shape index (κ2) is 6.05. The molecular weight excluding hydrogens is 256 g/mol. The van der Waals surface area contributed by atoms with E-state index in [0.29, 0.717) is 19.5 Å². The highest BCUT2D eigenvalue weighted by molar-refractivity contribution is 5.88. The molecule has 1 amide bonds. The van der Waals surface area contributed by atoms with Gasteiger partial charge in [0.1, 0.15) is 0 Å². The van der Waals surface area contributed by atoms with E-state index in [2.05, 4.69) is 0 Å².